The topological polar surface area (TPSA) is 200 Å². The first kappa shape index (κ1) is 27.7. The molecule has 1 aliphatic heterocycles. The molecule has 0 spiro atoms. The second-order valence-corrected chi connectivity index (χ2v) is 8.53. The van der Waals surface area contributed by atoms with Crippen LogP contribution in [0.25, 0.3) is 0 Å². The Morgan fingerprint density at radius 1 is 1.06 bits per heavy atom. The van der Waals surface area contributed by atoms with E-state index >= 15 is 0 Å². The molecule has 1 fully saturated rings. The number of nitrogens with one attached hydrogen (secondary N) is 4. The van der Waals surface area contributed by atoms with Crippen LogP contribution in [0.5, 0.6) is 0 Å². The van der Waals surface area contributed by atoms with E-state index in [0.29, 0.717) is 13.0 Å². The van der Waals surface area contributed by atoms with E-state index in [-0.39, 0.29) is 25.2 Å². The highest BCUT2D eigenvalue weighted by molar-refractivity contribution is 5.94. The van der Waals surface area contributed by atoms with Crippen molar-refractivity contribution < 1.29 is 34.2 Å². The van der Waals surface area contributed by atoms with Gasteiger partial charge in [-0.2, -0.15) is 0 Å². The molecule has 192 valence electrons. The molecule has 2 rings (SSSR count). The van der Waals surface area contributed by atoms with E-state index in [9.17, 15) is 34.2 Å². The summed E-state index contributed by atoms with van der Waals surface area (Å²) in [6.07, 6.45) is -0.310. The number of carboxylic acid groups (broad SMARTS) is 1. The molecule has 1 saturated heterocycles. The van der Waals surface area contributed by atoms with Crippen molar-refractivity contribution in [2.24, 2.45) is 5.73 Å². The predicted octanol–water partition coefficient (Wildman–Crippen LogP) is -1.83. The van der Waals surface area contributed by atoms with E-state index in [2.05, 4.69) is 21.3 Å². The first-order chi connectivity index (χ1) is 16.6. The summed E-state index contributed by atoms with van der Waals surface area (Å²) in [7, 11) is 0. The van der Waals surface area contributed by atoms with Crippen molar-refractivity contribution in [1.29, 1.82) is 0 Å². The number of aliphatic carboxylic acids is 1. The van der Waals surface area contributed by atoms with Crippen molar-refractivity contribution in [1.82, 2.24) is 21.3 Å². The number of hydrogen-bond donors (Lipinski definition) is 7. The van der Waals surface area contributed by atoms with Gasteiger partial charge in [-0.05, 0) is 38.3 Å². The van der Waals surface area contributed by atoms with Crippen LogP contribution in [-0.4, -0.2) is 76.6 Å². The second-order valence-electron chi connectivity index (χ2n) is 8.53. The normalized spacial score (nSPS) is 18.5. The summed E-state index contributed by atoms with van der Waals surface area (Å²) in [5, 5.41) is 29.9. The highest BCUT2D eigenvalue weighted by Gasteiger charge is 2.33. The number of benzene rings is 1. The zero-order chi connectivity index (χ0) is 26.0. The number of nitrogens with two attached hydrogens (primary N) is 1. The molecule has 12 heteroatoms. The number of carboxylic acids is 1. The Morgan fingerprint density at radius 2 is 1.74 bits per heavy atom. The number of carbonyl (C=O) groups is 5. The lowest BCUT2D eigenvalue weighted by atomic mass is 10.0. The van der Waals surface area contributed by atoms with Gasteiger partial charge in [0, 0.05) is 12.8 Å². The maximum Gasteiger partial charge on any atom is 0.326 e. The summed E-state index contributed by atoms with van der Waals surface area (Å²) < 4.78 is 0. The van der Waals surface area contributed by atoms with Crippen LogP contribution in [0.4, 0.5) is 0 Å². The number of amides is 4. The van der Waals surface area contributed by atoms with Gasteiger partial charge in [0.2, 0.25) is 23.6 Å². The van der Waals surface area contributed by atoms with Crippen molar-refractivity contribution in [2.75, 3.05) is 6.54 Å². The fraction of sp³-hybridized carbons (Fsp3) is 0.522. The van der Waals surface area contributed by atoms with Gasteiger partial charge in [0.05, 0.1) is 12.1 Å². The Morgan fingerprint density at radius 3 is 2.29 bits per heavy atom. The fourth-order valence-electron chi connectivity index (χ4n) is 3.70. The van der Waals surface area contributed by atoms with Gasteiger partial charge in [0.25, 0.3) is 0 Å². The standard InChI is InChI=1S/C23H33N5O7/c1-13(29)19(22(33)26-16(23(34)35)9-10-18(24)30)28-21(32)17(12-14-6-3-2-4-7-14)27-20(31)15-8-5-11-25-15/h2-4,6-7,13,15-17,19,25,29H,5,8-12H2,1H3,(H2,24,30)(H,26,33)(H,27,31)(H,28,32)(H,34,35). The summed E-state index contributed by atoms with van der Waals surface area (Å²) in [6, 6.07) is 4.53. The molecule has 1 aromatic carbocycles. The molecule has 5 atom stereocenters. The van der Waals surface area contributed by atoms with Gasteiger partial charge in [-0.25, -0.2) is 4.79 Å². The van der Waals surface area contributed by atoms with Gasteiger partial charge in [0.1, 0.15) is 18.1 Å². The zero-order valence-corrected chi connectivity index (χ0v) is 19.5. The summed E-state index contributed by atoms with van der Waals surface area (Å²) in [6.45, 7) is 1.95. The molecule has 1 aromatic rings. The maximum atomic E-state index is 13.1. The van der Waals surface area contributed by atoms with Gasteiger partial charge >= 0.3 is 5.97 Å². The van der Waals surface area contributed by atoms with Crippen LogP contribution >= 0.6 is 0 Å². The third-order valence-electron chi connectivity index (χ3n) is 5.65. The van der Waals surface area contributed by atoms with E-state index in [1.54, 1.807) is 24.3 Å². The Labute approximate surface area is 203 Å². The number of primary amides is 1. The van der Waals surface area contributed by atoms with Crippen LogP contribution in [0.15, 0.2) is 30.3 Å². The lowest BCUT2D eigenvalue weighted by molar-refractivity contribution is -0.143. The lowest BCUT2D eigenvalue weighted by Gasteiger charge is -2.26. The van der Waals surface area contributed by atoms with Crippen LogP contribution in [-0.2, 0) is 30.4 Å². The van der Waals surface area contributed by atoms with Gasteiger partial charge in [-0.1, -0.05) is 30.3 Å². The first-order valence-corrected chi connectivity index (χ1v) is 11.5. The number of aliphatic hydroxyl groups excluding tert-OH is 1. The van der Waals surface area contributed by atoms with Crippen molar-refractivity contribution >= 4 is 29.6 Å². The first-order valence-electron chi connectivity index (χ1n) is 11.5. The minimum Gasteiger partial charge on any atom is -0.480 e. The third-order valence-corrected chi connectivity index (χ3v) is 5.65. The van der Waals surface area contributed by atoms with Crippen LogP contribution in [0, 0.1) is 0 Å². The summed E-state index contributed by atoms with van der Waals surface area (Å²) >= 11 is 0. The molecule has 5 unspecified atom stereocenters. The fourth-order valence-corrected chi connectivity index (χ4v) is 3.70. The number of carbonyl (C=O) groups excluding carboxylic acids is 4. The molecule has 4 amide bonds. The third kappa shape index (κ3) is 8.98. The van der Waals surface area contributed by atoms with Crippen LogP contribution in [0.2, 0.25) is 0 Å². The Kier molecular flexibility index (Phi) is 10.6. The average molecular weight is 492 g/mol. The highest BCUT2D eigenvalue weighted by Crippen LogP contribution is 2.09. The molecular formula is C23H33N5O7. The molecule has 0 radical (unpaired) electrons. The van der Waals surface area contributed by atoms with E-state index < -0.39 is 54.0 Å². The number of rotatable bonds is 13. The summed E-state index contributed by atoms with van der Waals surface area (Å²) in [5.41, 5.74) is 5.81. The van der Waals surface area contributed by atoms with Gasteiger partial charge in [0.15, 0.2) is 0 Å². The van der Waals surface area contributed by atoms with Crippen LogP contribution < -0.4 is 27.0 Å². The Hall–Kier alpha value is -3.51. The molecule has 0 saturated carbocycles. The zero-order valence-electron chi connectivity index (χ0n) is 19.5. The number of aliphatic hydroxyl groups is 1. The molecule has 1 aliphatic rings. The summed E-state index contributed by atoms with van der Waals surface area (Å²) in [5.74, 6) is -4.15. The minimum atomic E-state index is -1.50. The monoisotopic (exact) mass is 491 g/mol. The largest absolute Gasteiger partial charge is 0.480 e. The Bertz CT molecular complexity index is 903. The molecule has 35 heavy (non-hydrogen) atoms. The van der Waals surface area contributed by atoms with E-state index in [0.717, 1.165) is 12.0 Å². The summed E-state index contributed by atoms with van der Waals surface area (Å²) in [4.78, 5) is 61.0. The quantitative estimate of drug-likeness (QED) is 0.167. The maximum absolute atomic E-state index is 13.1. The molecule has 1 heterocycles. The van der Waals surface area contributed by atoms with Gasteiger partial charge in [-0.3, -0.25) is 19.2 Å². The minimum absolute atomic E-state index is 0.135. The average Bonchev–Trinajstić information content (AvgIpc) is 3.34. The molecule has 0 aromatic heterocycles. The molecule has 8 N–H and O–H groups in total. The van der Waals surface area contributed by atoms with Crippen LogP contribution in [0.3, 0.4) is 0 Å². The smallest absolute Gasteiger partial charge is 0.326 e. The van der Waals surface area contributed by atoms with Gasteiger partial charge in [-0.15, -0.1) is 0 Å². The van der Waals surface area contributed by atoms with E-state index in [1.807, 2.05) is 6.07 Å². The highest BCUT2D eigenvalue weighted by atomic mass is 16.4. The molecule has 0 bridgehead atoms. The van der Waals surface area contributed by atoms with Crippen molar-refractivity contribution in [2.45, 2.75) is 69.3 Å². The van der Waals surface area contributed by atoms with Crippen molar-refractivity contribution in [3.05, 3.63) is 35.9 Å². The molecule has 12 nitrogen and oxygen atoms in total. The van der Waals surface area contributed by atoms with E-state index in [4.69, 9.17) is 5.73 Å². The Balaban J connectivity index is 2.14. The number of hydrogen-bond acceptors (Lipinski definition) is 7. The second kappa shape index (κ2) is 13.4. The van der Waals surface area contributed by atoms with Crippen LogP contribution in [0.1, 0.15) is 38.2 Å². The lowest BCUT2D eigenvalue weighted by Crippen LogP contribution is -2.60. The SMILES string of the molecule is CC(O)C(NC(=O)C(Cc1ccccc1)NC(=O)C1CCCN1)C(=O)NC(CCC(N)=O)C(=O)O. The molecular weight excluding hydrogens is 458 g/mol. The predicted molar refractivity (Wildman–Crippen MR) is 125 cm³/mol. The van der Waals surface area contributed by atoms with Crippen molar-refractivity contribution in [3.8, 4) is 0 Å². The van der Waals surface area contributed by atoms with Crippen molar-refractivity contribution in [3.63, 3.8) is 0 Å². The molecule has 0 aliphatic carbocycles. The van der Waals surface area contributed by atoms with E-state index in [1.165, 1.54) is 6.92 Å². The van der Waals surface area contributed by atoms with Gasteiger partial charge < -0.3 is 37.2 Å².